The Morgan fingerprint density at radius 3 is 2.58 bits per heavy atom. The second-order valence-electron chi connectivity index (χ2n) is 5.98. The van der Waals surface area contributed by atoms with E-state index in [2.05, 4.69) is 4.72 Å². The predicted molar refractivity (Wildman–Crippen MR) is 104 cm³/mol. The van der Waals surface area contributed by atoms with Crippen LogP contribution in [0.5, 0.6) is 0 Å². The number of rotatable bonds is 4. The molecule has 1 aliphatic rings. The fourth-order valence-electron chi connectivity index (χ4n) is 2.97. The Balaban J connectivity index is 1.55. The topological polar surface area (TPSA) is 66.5 Å². The van der Waals surface area contributed by atoms with Gasteiger partial charge in [0.05, 0.1) is 4.88 Å². The molecule has 0 radical (unpaired) electrons. The summed E-state index contributed by atoms with van der Waals surface area (Å²) in [6, 6.07) is 12.5. The van der Waals surface area contributed by atoms with Crippen molar-refractivity contribution >= 4 is 44.3 Å². The molecule has 26 heavy (non-hydrogen) atoms. The van der Waals surface area contributed by atoms with E-state index < -0.39 is 10.0 Å². The van der Waals surface area contributed by atoms with Gasteiger partial charge in [-0.05, 0) is 52.6 Å². The van der Waals surface area contributed by atoms with Crippen LogP contribution in [0.3, 0.4) is 0 Å². The van der Waals surface area contributed by atoms with Crippen LogP contribution in [0.4, 0.5) is 5.69 Å². The molecule has 0 fully saturated rings. The normalized spacial score (nSPS) is 14.1. The fraction of sp³-hybridized carbons (Fsp3) is 0.167. The van der Waals surface area contributed by atoms with Gasteiger partial charge < -0.3 is 4.90 Å². The molecule has 1 N–H and O–H groups in total. The van der Waals surface area contributed by atoms with Gasteiger partial charge in [0.25, 0.3) is 15.9 Å². The van der Waals surface area contributed by atoms with Crippen LogP contribution in [0, 0.1) is 0 Å². The average Bonchev–Trinajstić information content (AvgIpc) is 3.34. The molecule has 0 unspecified atom stereocenters. The molecule has 8 heteroatoms. The highest BCUT2D eigenvalue weighted by atomic mass is 32.2. The highest BCUT2D eigenvalue weighted by Crippen LogP contribution is 2.26. The number of nitrogens with one attached hydrogen (secondary N) is 1. The van der Waals surface area contributed by atoms with E-state index in [-0.39, 0.29) is 10.1 Å². The number of nitrogens with zero attached hydrogens (tertiary/aromatic N) is 1. The minimum absolute atomic E-state index is 0.0234. The Morgan fingerprint density at radius 2 is 1.85 bits per heavy atom. The lowest BCUT2D eigenvalue weighted by Crippen LogP contribution is -2.35. The minimum atomic E-state index is -3.57. The number of amides is 1. The third-order valence-electron chi connectivity index (χ3n) is 4.25. The standard InChI is InChI=1S/C18H16N2O3S3/c21-18(16-3-1-9-24-16)20-8-7-13-5-6-15(11-14(13)12-20)19-26(22,23)17-4-2-10-25-17/h1-6,9-11,19H,7-8,12H2. The van der Waals surface area contributed by atoms with Crippen LogP contribution < -0.4 is 4.72 Å². The van der Waals surface area contributed by atoms with Gasteiger partial charge in [-0.1, -0.05) is 18.2 Å². The summed E-state index contributed by atoms with van der Waals surface area (Å²) in [4.78, 5) is 15.1. The van der Waals surface area contributed by atoms with Crippen molar-refractivity contribution in [3.8, 4) is 0 Å². The van der Waals surface area contributed by atoms with Gasteiger partial charge in [-0.25, -0.2) is 8.42 Å². The van der Waals surface area contributed by atoms with Crippen LogP contribution in [-0.4, -0.2) is 25.8 Å². The van der Waals surface area contributed by atoms with Crippen LogP contribution in [-0.2, 0) is 23.0 Å². The molecular weight excluding hydrogens is 388 g/mol. The molecule has 1 amide bonds. The average molecular weight is 405 g/mol. The van der Waals surface area contributed by atoms with Crippen molar-refractivity contribution in [3.63, 3.8) is 0 Å². The summed E-state index contributed by atoms with van der Waals surface area (Å²) in [5.41, 5.74) is 2.65. The molecule has 5 nitrogen and oxygen atoms in total. The highest BCUT2D eigenvalue weighted by molar-refractivity contribution is 7.94. The van der Waals surface area contributed by atoms with Gasteiger partial charge in [0, 0.05) is 18.8 Å². The molecule has 0 saturated carbocycles. The number of sulfonamides is 1. The lowest BCUT2D eigenvalue weighted by atomic mass is 9.99. The number of carbonyl (C=O) groups excluding carboxylic acids is 1. The third kappa shape index (κ3) is 3.40. The van der Waals surface area contributed by atoms with E-state index in [0.29, 0.717) is 18.8 Å². The van der Waals surface area contributed by atoms with E-state index in [1.54, 1.807) is 23.6 Å². The lowest BCUT2D eigenvalue weighted by Gasteiger charge is -2.29. The largest absolute Gasteiger partial charge is 0.333 e. The number of benzene rings is 1. The maximum atomic E-state index is 12.6. The molecule has 134 valence electrons. The van der Waals surface area contributed by atoms with E-state index in [0.717, 1.165) is 22.4 Å². The van der Waals surface area contributed by atoms with Gasteiger partial charge in [-0.3, -0.25) is 9.52 Å². The van der Waals surface area contributed by atoms with Gasteiger partial charge >= 0.3 is 0 Å². The maximum absolute atomic E-state index is 12.6. The van der Waals surface area contributed by atoms with Crippen LogP contribution in [0.1, 0.15) is 20.8 Å². The third-order valence-corrected chi connectivity index (χ3v) is 7.89. The van der Waals surface area contributed by atoms with Gasteiger partial charge in [0.15, 0.2) is 0 Å². The van der Waals surface area contributed by atoms with Gasteiger partial charge in [0.2, 0.25) is 0 Å². The number of fused-ring (bicyclic) bond motifs is 1. The zero-order chi connectivity index (χ0) is 18.1. The number of hydrogen-bond acceptors (Lipinski definition) is 5. The SMILES string of the molecule is O=C(c1cccs1)N1CCc2ccc(NS(=O)(=O)c3cccs3)cc2C1. The summed E-state index contributed by atoms with van der Waals surface area (Å²) in [7, 11) is -3.57. The van der Waals surface area contributed by atoms with Crippen molar-refractivity contribution in [3.05, 3.63) is 69.2 Å². The van der Waals surface area contributed by atoms with Crippen molar-refractivity contribution < 1.29 is 13.2 Å². The van der Waals surface area contributed by atoms with Crippen LogP contribution >= 0.6 is 22.7 Å². The van der Waals surface area contributed by atoms with E-state index in [1.165, 1.54) is 22.7 Å². The number of hydrogen-bond donors (Lipinski definition) is 1. The molecule has 2 aromatic heterocycles. The molecule has 0 saturated heterocycles. The molecular formula is C18H16N2O3S3. The molecule has 0 bridgehead atoms. The number of carbonyl (C=O) groups is 1. The molecule has 3 heterocycles. The van der Waals surface area contributed by atoms with Gasteiger partial charge in [0.1, 0.15) is 4.21 Å². The van der Waals surface area contributed by atoms with Crippen molar-refractivity contribution in [2.45, 2.75) is 17.2 Å². The first kappa shape index (κ1) is 17.3. The molecule has 0 aliphatic carbocycles. The van der Waals surface area contributed by atoms with Crippen LogP contribution in [0.2, 0.25) is 0 Å². The smallest absolute Gasteiger partial charge is 0.271 e. The Kier molecular flexibility index (Phi) is 4.56. The van der Waals surface area contributed by atoms with E-state index in [1.807, 2.05) is 34.5 Å². The molecule has 1 aliphatic heterocycles. The predicted octanol–water partition coefficient (Wildman–Crippen LogP) is 3.81. The Bertz CT molecular complexity index is 1030. The summed E-state index contributed by atoms with van der Waals surface area (Å²) < 4.78 is 27.7. The molecule has 0 atom stereocenters. The first-order chi connectivity index (χ1) is 12.5. The minimum Gasteiger partial charge on any atom is -0.333 e. The van der Waals surface area contributed by atoms with E-state index in [4.69, 9.17) is 0 Å². The highest BCUT2D eigenvalue weighted by Gasteiger charge is 2.23. The maximum Gasteiger partial charge on any atom is 0.271 e. The Labute approximate surface area is 160 Å². The zero-order valence-electron chi connectivity index (χ0n) is 13.7. The van der Waals surface area contributed by atoms with Gasteiger partial charge in [-0.15, -0.1) is 22.7 Å². The Morgan fingerprint density at radius 1 is 1.04 bits per heavy atom. The van der Waals surface area contributed by atoms with Crippen molar-refractivity contribution in [1.29, 1.82) is 0 Å². The molecule has 1 aromatic carbocycles. The van der Waals surface area contributed by atoms with E-state index in [9.17, 15) is 13.2 Å². The summed E-state index contributed by atoms with van der Waals surface area (Å²) in [5, 5.41) is 3.62. The summed E-state index contributed by atoms with van der Waals surface area (Å²) >= 11 is 2.61. The first-order valence-corrected chi connectivity index (χ1v) is 11.3. The quantitative estimate of drug-likeness (QED) is 0.719. The number of thiophene rings is 2. The van der Waals surface area contributed by atoms with E-state index >= 15 is 0 Å². The van der Waals surface area contributed by atoms with Crippen LogP contribution in [0.15, 0.2) is 57.4 Å². The van der Waals surface area contributed by atoms with Gasteiger partial charge in [-0.2, -0.15) is 0 Å². The fourth-order valence-corrected chi connectivity index (χ4v) is 5.71. The molecule has 4 rings (SSSR count). The summed E-state index contributed by atoms with van der Waals surface area (Å²) in [6.45, 7) is 1.16. The molecule has 3 aromatic rings. The first-order valence-electron chi connectivity index (χ1n) is 8.04. The monoisotopic (exact) mass is 404 g/mol. The zero-order valence-corrected chi connectivity index (χ0v) is 16.2. The molecule has 0 spiro atoms. The second kappa shape index (κ2) is 6.86. The summed E-state index contributed by atoms with van der Waals surface area (Å²) in [5.74, 6) is 0.0234. The van der Waals surface area contributed by atoms with Crippen LogP contribution in [0.25, 0.3) is 0 Å². The van der Waals surface area contributed by atoms with Crippen molar-refractivity contribution in [2.75, 3.05) is 11.3 Å². The lowest BCUT2D eigenvalue weighted by molar-refractivity contribution is 0.0739. The van der Waals surface area contributed by atoms with Crippen molar-refractivity contribution in [1.82, 2.24) is 4.90 Å². The second-order valence-corrected chi connectivity index (χ2v) is 9.78. The summed E-state index contributed by atoms with van der Waals surface area (Å²) in [6.07, 6.45) is 0.768. The Hall–Kier alpha value is -2.16. The van der Waals surface area contributed by atoms with Crippen molar-refractivity contribution in [2.24, 2.45) is 0 Å². The number of anilines is 1.